The van der Waals surface area contributed by atoms with Crippen LogP contribution in [0.25, 0.3) is 11.1 Å². The van der Waals surface area contributed by atoms with Gasteiger partial charge >= 0.3 is 5.97 Å². The Morgan fingerprint density at radius 3 is 2.27 bits per heavy atom. The lowest BCUT2D eigenvalue weighted by Crippen LogP contribution is -2.22. The first-order chi connectivity index (χ1) is 18.0. The molecule has 0 saturated heterocycles. The number of hydrogen-bond acceptors (Lipinski definition) is 7. The van der Waals surface area contributed by atoms with Crippen LogP contribution in [0, 0.1) is 5.82 Å². The van der Waals surface area contributed by atoms with Gasteiger partial charge in [-0.3, -0.25) is 0 Å². The number of carbonyl (C=O) groups is 1. The highest BCUT2D eigenvalue weighted by Gasteiger charge is 2.17. The fourth-order valence-electron chi connectivity index (χ4n) is 3.77. The van der Waals surface area contributed by atoms with E-state index in [0.29, 0.717) is 41.7 Å². The second-order valence-corrected chi connectivity index (χ2v) is 8.05. The number of benzene rings is 3. The van der Waals surface area contributed by atoms with Crippen LogP contribution in [0.2, 0.25) is 0 Å². The van der Waals surface area contributed by atoms with E-state index in [-0.39, 0.29) is 11.5 Å². The molecule has 2 heterocycles. The summed E-state index contributed by atoms with van der Waals surface area (Å²) >= 11 is 0. The Morgan fingerprint density at radius 2 is 1.62 bits per heavy atom. The molecule has 0 fully saturated rings. The van der Waals surface area contributed by atoms with Crippen molar-refractivity contribution in [2.75, 3.05) is 11.4 Å². The van der Waals surface area contributed by atoms with Crippen LogP contribution >= 0.6 is 0 Å². The van der Waals surface area contributed by atoms with Gasteiger partial charge in [-0.25, -0.2) is 14.2 Å². The highest BCUT2D eigenvalue weighted by atomic mass is 19.1. The largest absolute Gasteiger partial charge is 0.477 e. The fourth-order valence-corrected chi connectivity index (χ4v) is 3.77. The van der Waals surface area contributed by atoms with Crippen molar-refractivity contribution in [3.63, 3.8) is 0 Å². The van der Waals surface area contributed by atoms with Crippen LogP contribution in [-0.2, 0) is 6.42 Å². The first kappa shape index (κ1) is 23.6. The Balaban J connectivity index is 1.47. The molecule has 0 aliphatic heterocycles. The second kappa shape index (κ2) is 10.6. The summed E-state index contributed by atoms with van der Waals surface area (Å²) in [6.07, 6.45) is 0.467. The highest BCUT2D eigenvalue weighted by molar-refractivity contribution is 5.88. The number of pyridine rings is 1. The highest BCUT2D eigenvalue weighted by Crippen LogP contribution is 2.31. The van der Waals surface area contributed by atoms with E-state index in [9.17, 15) is 14.3 Å². The van der Waals surface area contributed by atoms with Crippen LogP contribution in [0.4, 0.5) is 15.9 Å². The SMILES string of the molecule is O=C(O)c1cc(-c2ccc(Oc3ccc(F)cc3)cc2)cc(N(CCc2nn[nH]n2)c2ccccc2)n1. The summed E-state index contributed by atoms with van der Waals surface area (Å²) in [6.45, 7) is 0.448. The van der Waals surface area contributed by atoms with E-state index in [1.54, 1.807) is 24.3 Å². The standard InChI is InChI=1S/C27H21FN6O3/c28-20-8-12-23(13-9-20)37-22-10-6-18(7-11-22)19-16-24(27(35)36)29-26(17-19)34(21-4-2-1-3-5-21)15-14-25-30-32-33-31-25/h1-13,16-17H,14-15H2,(H,35,36)(H,30,31,32,33). The number of aromatic nitrogens is 5. The second-order valence-electron chi connectivity index (χ2n) is 8.05. The molecule has 2 N–H and O–H groups in total. The Kier molecular flexibility index (Phi) is 6.80. The Labute approximate surface area is 211 Å². The van der Waals surface area contributed by atoms with E-state index >= 15 is 0 Å². The Morgan fingerprint density at radius 1 is 0.919 bits per heavy atom. The number of anilines is 2. The summed E-state index contributed by atoms with van der Waals surface area (Å²) in [4.78, 5) is 18.3. The molecule has 0 spiro atoms. The van der Waals surface area contributed by atoms with Gasteiger partial charge in [-0.15, -0.1) is 10.2 Å². The average molecular weight is 497 g/mol. The van der Waals surface area contributed by atoms with Crippen LogP contribution in [0.5, 0.6) is 11.5 Å². The van der Waals surface area contributed by atoms with Crippen molar-refractivity contribution in [1.29, 1.82) is 0 Å². The van der Waals surface area contributed by atoms with Crippen molar-refractivity contribution in [2.45, 2.75) is 6.42 Å². The van der Waals surface area contributed by atoms with Gasteiger partial charge in [-0.1, -0.05) is 35.5 Å². The number of tetrazole rings is 1. The third-order valence-electron chi connectivity index (χ3n) is 5.56. The molecular weight excluding hydrogens is 475 g/mol. The zero-order valence-corrected chi connectivity index (χ0v) is 19.5. The maximum Gasteiger partial charge on any atom is 0.354 e. The van der Waals surface area contributed by atoms with E-state index in [1.165, 1.54) is 18.2 Å². The number of nitrogens with one attached hydrogen (secondary N) is 1. The number of hydrogen-bond donors (Lipinski definition) is 2. The van der Waals surface area contributed by atoms with E-state index in [4.69, 9.17) is 4.74 Å². The van der Waals surface area contributed by atoms with E-state index in [0.717, 1.165) is 11.3 Å². The van der Waals surface area contributed by atoms with Crippen LogP contribution < -0.4 is 9.64 Å². The molecule has 10 heteroatoms. The lowest BCUT2D eigenvalue weighted by Gasteiger charge is -2.24. The van der Waals surface area contributed by atoms with Crippen LogP contribution in [0.15, 0.2) is 91.0 Å². The molecule has 0 radical (unpaired) electrons. The predicted octanol–water partition coefficient (Wildman–Crippen LogP) is 5.27. The van der Waals surface area contributed by atoms with Gasteiger partial charge in [0, 0.05) is 18.7 Å². The van der Waals surface area contributed by atoms with Gasteiger partial charge in [-0.05, 0) is 71.8 Å². The monoisotopic (exact) mass is 496 g/mol. The molecule has 0 bridgehead atoms. The van der Waals surface area contributed by atoms with Gasteiger partial charge < -0.3 is 14.7 Å². The fraction of sp³-hybridized carbons (Fsp3) is 0.0741. The van der Waals surface area contributed by atoms with Crippen molar-refractivity contribution in [3.05, 3.63) is 108 Å². The number of H-pyrrole nitrogens is 1. The number of aromatic carboxylic acids is 1. The summed E-state index contributed by atoms with van der Waals surface area (Å²) in [6, 6.07) is 25.9. The first-order valence-corrected chi connectivity index (χ1v) is 11.4. The third-order valence-corrected chi connectivity index (χ3v) is 5.56. The van der Waals surface area contributed by atoms with E-state index < -0.39 is 5.97 Å². The number of rotatable bonds is 9. The van der Waals surface area contributed by atoms with Crippen LogP contribution in [0.3, 0.4) is 0 Å². The molecule has 9 nitrogen and oxygen atoms in total. The van der Waals surface area contributed by atoms with E-state index in [2.05, 4.69) is 25.6 Å². The number of nitrogens with zero attached hydrogens (tertiary/aromatic N) is 5. The van der Waals surface area contributed by atoms with Crippen LogP contribution in [0.1, 0.15) is 16.3 Å². The minimum atomic E-state index is -1.13. The molecule has 0 unspecified atom stereocenters. The summed E-state index contributed by atoms with van der Waals surface area (Å²) in [5.41, 5.74) is 2.22. The number of halogens is 1. The zero-order chi connectivity index (χ0) is 25.6. The quantitative estimate of drug-likeness (QED) is 0.283. The number of carboxylic acids is 1. The number of ether oxygens (including phenoxy) is 1. The molecule has 3 aromatic carbocycles. The Hall–Kier alpha value is -5.12. The minimum absolute atomic E-state index is 0.0837. The zero-order valence-electron chi connectivity index (χ0n) is 19.5. The van der Waals surface area contributed by atoms with Gasteiger partial charge in [0.15, 0.2) is 11.5 Å². The van der Waals surface area contributed by atoms with Crippen LogP contribution in [-0.4, -0.2) is 43.2 Å². The predicted molar refractivity (Wildman–Crippen MR) is 134 cm³/mol. The molecule has 37 heavy (non-hydrogen) atoms. The molecule has 5 rings (SSSR count). The topological polar surface area (TPSA) is 117 Å². The molecule has 0 aliphatic carbocycles. The first-order valence-electron chi connectivity index (χ1n) is 11.4. The summed E-state index contributed by atoms with van der Waals surface area (Å²) in [7, 11) is 0. The normalized spacial score (nSPS) is 10.7. The average Bonchev–Trinajstić information content (AvgIpc) is 3.45. The molecule has 5 aromatic rings. The maximum absolute atomic E-state index is 13.2. The number of aromatic amines is 1. The lowest BCUT2D eigenvalue weighted by atomic mass is 10.0. The van der Waals surface area contributed by atoms with Gasteiger partial charge in [0.1, 0.15) is 23.1 Å². The molecule has 0 aliphatic rings. The summed E-state index contributed by atoms with van der Waals surface area (Å²) in [5.74, 6) is 0.601. The maximum atomic E-state index is 13.2. The minimum Gasteiger partial charge on any atom is -0.477 e. The molecule has 0 amide bonds. The van der Waals surface area contributed by atoms with Crippen molar-refractivity contribution in [1.82, 2.24) is 25.6 Å². The summed E-state index contributed by atoms with van der Waals surface area (Å²) in [5, 5.41) is 23.8. The van der Waals surface area contributed by atoms with Gasteiger partial charge in [-0.2, -0.15) is 5.21 Å². The lowest BCUT2D eigenvalue weighted by molar-refractivity contribution is 0.0690. The molecule has 0 atom stereocenters. The molecular formula is C27H21FN6O3. The number of para-hydroxylation sites is 1. The van der Waals surface area contributed by atoms with Gasteiger partial charge in [0.2, 0.25) is 0 Å². The Bertz CT molecular complexity index is 1480. The van der Waals surface area contributed by atoms with Gasteiger partial charge in [0.25, 0.3) is 0 Å². The molecule has 184 valence electrons. The van der Waals surface area contributed by atoms with Crippen molar-refractivity contribution < 1.29 is 19.0 Å². The molecule has 0 saturated carbocycles. The van der Waals surface area contributed by atoms with Crippen molar-refractivity contribution >= 4 is 17.5 Å². The van der Waals surface area contributed by atoms with E-state index in [1.807, 2.05) is 53.4 Å². The third kappa shape index (κ3) is 5.76. The van der Waals surface area contributed by atoms with Crippen molar-refractivity contribution in [3.8, 4) is 22.6 Å². The summed E-state index contributed by atoms with van der Waals surface area (Å²) < 4.78 is 18.9. The smallest absolute Gasteiger partial charge is 0.354 e. The number of carboxylic acid groups (broad SMARTS) is 1. The van der Waals surface area contributed by atoms with Crippen molar-refractivity contribution in [2.24, 2.45) is 0 Å². The molecule has 2 aromatic heterocycles. The van der Waals surface area contributed by atoms with Gasteiger partial charge in [0.05, 0.1) is 0 Å².